The van der Waals surface area contributed by atoms with Gasteiger partial charge in [0.25, 0.3) is 0 Å². The van der Waals surface area contributed by atoms with E-state index in [9.17, 15) is 14.4 Å². The molecule has 0 radical (unpaired) electrons. The highest BCUT2D eigenvalue weighted by Gasteiger charge is 2.19. The number of allylic oxidation sites excluding steroid dienone is 8. The van der Waals surface area contributed by atoms with Gasteiger partial charge in [0.15, 0.2) is 6.10 Å². The Labute approximate surface area is 441 Å². The number of rotatable bonds is 57. The number of esters is 3. The highest BCUT2D eigenvalue weighted by molar-refractivity contribution is 5.71. The Morgan fingerprint density at radius 3 is 0.817 bits per heavy atom. The highest BCUT2D eigenvalue weighted by Crippen LogP contribution is 2.16. The fourth-order valence-electron chi connectivity index (χ4n) is 9.05. The van der Waals surface area contributed by atoms with Crippen molar-refractivity contribution in [1.29, 1.82) is 0 Å². The van der Waals surface area contributed by atoms with Crippen LogP contribution in [0.2, 0.25) is 0 Å². The predicted octanol–water partition coefficient (Wildman–Crippen LogP) is 21.0. The first-order chi connectivity index (χ1) is 35.0. The molecule has 0 aromatic rings. The lowest BCUT2D eigenvalue weighted by Crippen LogP contribution is -2.30. The van der Waals surface area contributed by atoms with E-state index >= 15 is 0 Å². The van der Waals surface area contributed by atoms with Crippen molar-refractivity contribution in [3.8, 4) is 0 Å². The lowest BCUT2D eigenvalue weighted by Gasteiger charge is -2.18. The maximum absolute atomic E-state index is 12.9. The summed E-state index contributed by atoms with van der Waals surface area (Å²) in [5.41, 5.74) is 0. The monoisotopic (exact) mass is 995 g/mol. The van der Waals surface area contributed by atoms with E-state index in [0.717, 1.165) is 77.0 Å². The third kappa shape index (κ3) is 58.1. The maximum Gasteiger partial charge on any atom is 0.306 e. The van der Waals surface area contributed by atoms with Gasteiger partial charge in [0.05, 0.1) is 0 Å². The van der Waals surface area contributed by atoms with Crippen molar-refractivity contribution in [3.63, 3.8) is 0 Å². The molecule has 0 bridgehead atoms. The molecule has 0 aliphatic carbocycles. The Bertz CT molecular complexity index is 1230. The number of ether oxygens (including phenoxy) is 3. The quantitative estimate of drug-likeness (QED) is 0.0261. The molecule has 0 aliphatic rings. The summed E-state index contributed by atoms with van der Waals surface area (Å²) in [5, 5.41) is 0. The van der Waals surface area contributed by atoms with Crippen molar-refractivity contribution in [3.05, 3.63) is 48.6 Å². The molecule has 0 rings (SSSR count). The van der Waals surface area contributed by atoms with E-state index in [1.54, 1.807) is 0 Å². The van der Waals surface area contributed by atoms with Crippen LogP contribution in [0.25, 0.3) is 0 Å². The molecule has 0 saturated carbocycles. The van der Waals surface area contributed by atoms with Crippen LogP contribution in [0.1, 0.15) is 329 Å². The van der Waals surface area contributed by atoms with Crippen LogP contribution in [0.3, 0.4) is 0 Å². The zero-order valence-corrected chi connectivity index (χ0v) is 47.5. The summed E-state index contributed by atoms with van der Waals surface area (Å²) < 4.78 is 16.9. The van der Waals surface area contributed by atoms with Gasteiger partial charge in [-0.1, -0.05) is 256 Å². The van der Waals surface area contributed by atoms with Crippen LogP contribution in [0.4, 0.5) is 0 Å². The Morgan fingerprint density at radius 1 is 0.282 bits per heavy atom. The Morgan fingerprint density at radius 2 is 0.507 bits per heavy atom. The summed E-state index contributed by atoms with van der Waals surface area (Å²) in [6.45, 7) is 6.63. The second-order valence-corrected chi connectivity index (χ2v) is 21.0. The van der Waals surface area contributed by atoms with E-state index in [1.807, 2.05) is 0 Å². The highest BCUT2D eigenvalue weighted by atomic mass is 16.6. The molecule has 0 N–H and O–H groups in total. The smallest absolute Gasteiger partial charge is 0.306 e. The largest absolute Gasteiger partial charge is 0.462 e. The maximum atomic E-state index is 12.9. The van der Waals surface area contributed by atoms with Gasteiger partial charge in [-0.2, -0.15) is 0 Å². The zero-order chi connectivity index (χ0) is 51.4. The van der Waals surface area contributed by atoms with E-state index in [4.69, 9.17) is 14.2 Å². The summed E-state index contributed by atoms with van der Waals surface area (Å²) in [4.78, 5) is 38.3. The number of carbonyl (C=O) groups excluding carboxylic acids is 3. The summed E-state index contributed by atoms with van der Waals surface area (Å²) in [6, 6.07) is 0. The molecule has 0 saturated heterocycles. The summed E-state index contributed by atoms with van der Waals surface area (Å²) in [5.74, 6) is -0.877. The van der Waals surface area contributed by atoms with Crippen molar-refractivity contribution in [2.24, 2.45) is 0 Å². The molecular weight excluding hydrogens is 877 g/mol. The fraction of sp³-hybridized carbons (Fsp3) is 0.831. The standard InChI is InChI=1S/C65H118O6/c1-4-7-10-13-16-19-22-25-28-30-31-32-33-35-38-41-44-47-50-53-56-59-65(68)71-62(60-69-63(66)57-54-51-48-45-42-39-36-27-24-21-18-15-12-9-6-3)61-70-64(67)58-55-52-49-46-43-40-37-34-29-26-23-20-17-14-11-8-5-2/h17,20,25-29,36,62H,4-16,18-19,21-24,30-35,37-61H2,1-3H3/b20-17-,28-25-,29-26-,36-27-/t62-/m0/s1. The van der Waals surface area contributed by atoms with Crippen LogP contribution in [0, 0.1) is 0 Å². The first-order valence-electron chi connectivity index (χ1n) is 31.1. The molecular formula is C65H118O6. The van der Waals surface area contributed by atoms with Crippen molar-refractivity contribution in [2.75, 3.05) is 13.2 Å². The minimum absolute atomic E-state index is 0.0781. The second kappa shape index (κ2) is 59.9. The molecule has 0 aromatic carbocycles. The molecule has 1 atom stereocenters. The van der Waals surface area contributed by atoms with Gasteiger partial charge < -0.3 is 14.2 Å². The van der Waals surface area contributed by atoms with Gasteiger partial charge in [-0.15, -0.1) is 0 Å². The minimum Gasteiger partial charge on any atom is -0.462 e. The molecule has 0 heterocycles. The van der Waals surface area contributed by atoms with E-state index in [-0.39, 0.29) is 31.1 Å². The van der Waals surface area contributed by atoms with Gasteiger partial charge in [0, 0.05) is 19.3 Å². The summed E-state index contributed by atoms with van der Waals surface area (Å²) in [7, 11) is 0. The molecule has 0 aromatic heterocycles. The molecule has 71 heavy (non-hydrogen) atoms. The van der Waals surface area contributed by atoms with Crippen molar-refractivity contribution < 1.29 is 28.6 Å². The number of hydrogen-bond acceptors (Lipinski definition) is 6. The third-order valence-corrected chi connectivity index (χ3v) is 13.8. The van der Waals surface area contributed by atoms with Crippen LogP contribution in [-0.2, 0) is 28.6 Å². The minimum atomic E-state index is -0.780. The van der Waals surface area contributed by atoms with Gasteiger partial charge in [-0.05, 0) is 103 Å². The SMILES string of the molecule is CCCCC/C=C\C/C=C\CCCCCCCCCC(=O)OC[C@H](COC(=O)CCCCCCC/C=C\CCCCCCCC)OC(=O)CCCCCCCCCCCCC/C=C\CCCCCCCC. The lowest BCUT2D eigenvalue weighted by molar-refractivity contribution is -0.167. The van der Waals surface area contributed by atoms with E-state index < -0.39 is 6.10 Å². The van der Waals surface area contributed by atoms with Crippen LogP contribution in [-0.4, -0.2) is 37.2 Å². The van der Waals surface area contributed by atoms with Gasteiger partial charge in [0.2, 0.25) is 0 Å². The van der Waals surface area contributed by atoms with Crippen molar-refractivity contribution >= 4 is 17.9 Å². The van der Waals surface area contributed by atoms with E-state index in [0.29, 0.717) is 19.3 Å². The molecule has 0 unspecified atom stereocenters. The molecule has 0 aliphatic heterocycles. The van der Waals surface area contributed by atoms with Crippen LogP contribution < -0.4 is 0 Å². The van der Waals surface area contributed by atoms with Gasteiger partial charge in [-0.25, -0.2) is 0 Å². The van der Waals surface area contributed by atoms with Gasteiger partial charge in [0.1, 0.15) is 13.2 Å². The van der Waals surface area contributed by atoms with Crippen LogP contribution in [0.5, 0.6) is 0 Å². The normalized spacial score (nSPS) is 12.3. The molecule has 0 spiro atoms. The summed E-state index contributed by atoms with van der Waals surface area (Å²) >= 11 is 0. The fourth-order valence-corrected chi connectivity index (χ4v) is 9.05. The zero-order valence-electron chi connectivity index (χ0n) is 47.5. The average molecular weight is 996 g/mol. The third-order valence-electron chi connectivity index (χ3n) is 13.8. The molecule has 414 valence electrons. The topological polar surface area (TPSA) is 78.9 Å². The Balaban J connectivity index is 4.35. The molecule has 6 heteroatoms. The van der Waals surface area contributed by atoms with Gasteiger partial charge >= 0.3 is 17.9 Å². The average Bonchev–Trinajstić information content (AvgIpc) is 3.37. The van der Waals surface area contributed by atoms with Crippen LogP contribution in [0.15, 0.2) is 48.6 Å². The number of hydrogen-bond donors (Lipinski definition) is 0. The van der Waals surface area contributed by atoms with E-state index in [1.165, 1.54) is 212 Å². The van der Waals surface area contributed by atoms with Crippen molar-refractivity contribution in [2.45, 2.75) is 335 Å². The number of unbranched alkanes of at least 4 members (excludes halogenated alkanes) is 38. The second-order valence-electron chi connectivity index (χ2n) is 21.0. The lowest BCUT2D eigenvalue weighted by atomic mass is 10.0. The Kier molecular flexibility index (Phi) is 57.7. The van der Waals surface area contributed by atoms with Crippen LogP contribution >= 0.6 is 0 Å². The molecule has 0 amide bonds. The van der Waals surface area contributed by atoms with Gasteiger partial charge in [-0.3, -0.25) is 14.4 Å². The first-order valence-corrected chi connectivity index (χ1v) is 31.1. The molecule has 0 fully saturated rings. The van der Waals surface area contributed by atoms with E-state index in [2.05, 4.69) is 69.4 Å². The first kappa shape index (κ1) is 68.4. The number of carbonyl (C=O) groups is 3. The molecule has 6 nitrogen and oxygen atoms in total. The summed E-state index contributed by atoms with van der Waals surface area (Å²) in [6.07, 6.45) is 73.9. The Hall–Kier alpha value is -2.63. The van der Waals surface area contributed by atoms with Crippen molar-refractivity contribution in [1.82, 2.24) is 0 Å². The predicted molar refractivity (Wildman–Crippen MR) is 307 cm³/mol.